The first-order valence-electron chi connectivity index (χ1n) is 12.6. The molecule has 0 saturated heterocycles. The third-order valence-electron chi connectivity index (χ3n) is 6.33. The first-order chi connectivity index (χ1) is 19.8. The normalized spacial score (nSPS) is 12.0. The molecule has 8 heteroatoms. The molecule has 0 fully saturated rings. The van der Waals surface area contributed by atoms with Crippen LogP contribution in [0.15, 0.2) is 121 Å². The maximum Gasteiger partial charge on any atom is 0.343 e. The highest BCUT2D eigenvalue weighted by molar-refractivity contribution is 5.91. The summed E-state index contributed by atoms with van der Waals surface area (Å²) in [5, 5.41) is 41.9. The molecule has 0 bridgehead atoms. The molecular weight excluding hydrogens is 524 g/mol. The van der Waals surface area contributed by atoms with E-state index in [1.54, 1.807) is 84.9 Å². The third kappa shape index (κ3) is 7.07. The van der Waals surface area contributed by atoms with Gasteiger partial charge in [0.05, 0.1) is 24.3 Å². The van der Waals surface area contributed by atoms with E-state index < -0.39 is 42.1 Å². The molecule has 0 aliphatic carbocycles. The van der Waals surface area contributed by atoms with E-state index in [9.17, 15) is 30.0 Å². The Hall–Kier alpha value is -5.18. The second-order valence-electron chi connectivity index (χ2n) is 9.11. The zero-order valence-electron chi connectivity index (χ0n) is 21.9. The van der Waals surface area contributed by atoms with E-state index in [1.165, 1.54) is 36.4 Å². The maximum absolute atomic E-state index is 12.2. The summed E-state index contributed by atoms with van der Waals surface area (Å²) in [4.78, 5) is 24.5. The number of aliphatic hydroxyl groups excluding tert-OH is 4. The molecule has 208 valence electrons. The van der Waals surface area contributed by atoms with Gasteiger partial charge >= 0.3 is 11.9 Å². The van der Waals surface area contributed by atoms with Gasteiger partial charge in [-0.25, -0.2) is 9.59 Å². The lowest BCUT2D eigenvalue weighted by atomic mass is 9.83. The van der Waals surface area contributed by atoms with E-state index in [-0.39, 0.29) is 11.5 Å². The summed E-state index contributed by atoms with van der Waals surface area (Å²) in [6, 6.07) is 29.4. The van der Waals surface area contributed by atoms with Crippen molar-refractivity contribution < 1.29 is 39.5 Å². The van der Waals surface area contributed by atoms with Crippen molar-refractivity contribution in [3.8, 4) is 11.5 Å². The van der Waals surface area contributed by atoms with Gasteiger partial charge < -0.3 is 29.9 Å². The average molecular weight is 553 g/mol. The molecule has 41 heavy (non-hydrogen) atoms. The predicted molar refractivity (Wildman–Crippen MR) is 154 cm³/mol. The van der Waals surface area contributed by atoms with Crippen LogP contribution in [-0.4, -0.2) is 45.6 Å². The minimum absolute atomic E-state index is 0.284. The molecule has 0 aliphatic rings. The van der Waals surface area contributed by atoms with Crippen LogP contribution in [0.3, 0.4) is 0 Å². The van der Waals surface area contributed by atoms with E-state index in [2.05, 4.69) is 0 Å². The van der Waals surface area contributed by atoms with Crippen LogP contribution in [0.1, 0.15) is 31.8 Å². The summed E-state index contributed by atoms with van der Waals surface area (Å²) in [5.41, 5.74) is -0.169. The summed E-state index contributed by atoms with van der Waals surface area (Å²) < 4.78 is 10.7. The summed E-state index contributed by atoms with van der Waals surface area (Å²) in [5.74, 6) is -1.45. The van der Waals surface area contributed by atoms with Gasteiger partial charge in [-0.3, -0.25) is 0 Å². The van der Waals surface area contributed by atoms with Crippen molar-refractivity contribution >= 4 is 24.1 Å². The fourth-order valence-corrected chi connectivity index (χ4v) is 3.84. The SMILES string of the molecule is O=C(Oc1ccc(C=C(O)C(CO)(CO)C(O)=Cc2ccc(OC(=O)c3ccccc3)cc2)cc1)c1ccccc1. The van der Waals surface area contributed by atoms with Gasteiger partial charge in [0.1, 0.15) is 28.4 Å². The molecule has 0 atom stereocenters. The lowest BCUT2D eigenvalue weighted by Gasteiger charge is -2.28. The number of esters is 2. The van der Waals surface area contributed by atoms with Crippen molar-refractivity contribution in [2.75, 3.05) is 13.2 Å². The minimum Gasteiger partial charge on any atom is -0.511 e. The standard InChI is InChI=1S/C33H28O8/c34-21-33(22-35,29(36)19-23-11-15-27(16-12-23)40-31(38)25-7-3-1-4-8-25)30(37)20-24-13-17-28(18-14-24)41-32(39)26-9-5-2-6-10-26/h1-20,34-37H,21-22H2. The Morgan fingerprint density at radius 3 is 1.22 bits per heavy atom. The molecule has 4 rings (SSSR count). The number of hydrogen-bond donors (Lipinski definition) is 4. The fourth-order valence-electron chi connectivity index (χ4n) is 3.84. The highest BCUT2D eigenvalue weighted by atomic mass is 16.5. The smallest absolute Gasteiger partial charge is 0.343 e. The van der Waals surface area contributed by atoms with Crippen LogP contribution in [0.25, 0.3) is 12.2 Å². The second kappa shape index (κ2) is 13.3. The van der Waals surface area contributed by atoms with Gasteiger partial charge in [0, 0.05) is 0 Å². The van der Waals surface area contributed by atoms with Gasteiger partial charge in [-0.1, -0.05) is 60.7 Å². The van der Waals surface area contributed by atoms with Gasteiger partial charge in [0.15, 0.2) is 0 Å². The third-order valence-corrected chi connectivity index (χ3v) is 6.33. The monoisotopic (exact) mass is 552 g/mol. The van der Waals surface area contributed by atoms with Crippen molar-refractivity contribution in [3.63, 3.8) is 0 Å². The Morgan fingerprint density at radius 2 is 0.902 bits per heavy atom. The second-order valence-corrected chi connectivity index (χ2v) is 9.11. The van der Waals surface area contributed by atoms with Gasteiger partial charge in [0.25, 0.3) is 0 Å². The molecule has 4 aromatic carbocycles. The highest BCUT2D eigenvalue weighted by Crippen LogP contribution is 2.35. The summed E-state index contributed by atoms with van der Waals surface area (Å²) in [6.07, 6.45) is 2.57. The number of hydrogen-bond acceptors (Lipinski definition) is 8. The van der Waals surface area contributed by atoms with E-state index in [1.807, 2.05) is 0 Å². The first kappa shape index (κ1) is 28.8. The quantitative estimate of drug-likeness (QED) is 0.114. The average Bonchev–Trinajstić information content (AvgIpc) is 3.01. The molecule has 0 spiro atoms. The summed E-state index contributed by atoms with van der Waals surface area (Å²) in [7, 11) is 0. The maximum atomic E-state index is 12.2. The molecule has 0 aromatic heterocycles. The van der Waals surface area contributed by atoms with Crippen molar-refractivity contribution in [2.24, 2.45) is 5.41 Å². The Morgan fingerprint density at radius 1 is 0.561 bits per heavy atom. The Kier molecular flexibility index (Phi) is 9.32. The molecule has 0 radical (unpaired) electrons. The van der Waals surface area contributed by atoms with Gasteiger partial charge in [-0.05, 0) is 71.8 Å². The minimum atomic E-state index is -1.89. The van der Waals surface area contributed by atoms with Crippen LogP contribution in [0.4, 0.5) is 0 Å². The van der Waals surface area contributed by atoms with E-state index >= 15 is 0 Å². The number of ether oxygens (including phenoxy) is 2. The largest absolute Gasteiger partial charge is 0.511 e. The van der Waals surface area contributed by atoms with Crippen LogP contribution in [0.5, 0.6) is 11.5 Å². The summed E-state index contributed by atoms with van der Waals surface area (Å²) >= 11 is 0. The lowest BCUT2D eigenvalue weighted by molar-refractivity contribution is 0.0486. The number of benzene rings is 4. The fraction of sp³-hybridized carbons (Fsp3) is 0.0909. The Labute approximate surface area is 236 Å². The Bertz CT molecular complexity index is 1410. The molecule has 0 saturated carbocycles. The zero-order chi connectivity index (χ0) is 29.2. The van der Waals surface area contributed by atoms with Gasteiger partial charge in [-0.2, -0.15) is 0 Å². The topological polar surface area (TPSA) is 134 Å². The first-order valence-corrected chi connectivity index (χ1v) is 12.6. The van der Waals surface area contributed by atoms with Crippen molar-refractivity contribution in [2.45, 2.75) is 0 Å². The number of carbonyl (C=O) groups excluding carboxylic acids is 2. The van der Waals surface area contributed by atoms with Crippen molar-refractivity contribution in [3.05, 3.63) is 143 Å². The van der Waals surface area contributed by atoms with Crippen LogP contribution in [-0.2, 0) is 0 Å². The van der Waals surface area contributed by atoms with E-state index in [0.717, 1.165) is 0 Å². The molecule has 0 unspecified atom stereocenters. The van der Waals surface area contributed by atoms with E-state index in [0.29, 0.717) is 22.3 Å². The molecule has 4 N–H and O–H groups in total. The lowest BCUT2D eigenvalue weighted by Crippen LogP contribution is -2.34. The zero-order valence-corrected chi connectivity index (χ0v) is 21.9. The highest BCUT2D eigenvalue weighted by Gasteiger charge is 2.38. The van der Waals surface area contributed by atoms with E-state index in [4.69, 9.17) is 9.47 Å². The molecule has 0 aliphatic heterocycles. The van der Waals surface area contributed by atoms with Gasteiger partial charge in [0.2, 0.25) is 0 Å². The van der Waals surface area contributed by atoms with Gasteiger partial charge in [-0.15, -0.1) is 0 Å². The van der Waals surface area contributed by atoms with Crippen LogP contribution in [0.2, 0.25) is 0 Å². The summed E-state index contributed by atoms with van der Waals surface area (Å²) in [6.45, 7) is -1.60. The molecule has 4 aromatic rings. The predicted octanol–water partition coefficient (Wildman–Crippen LogP) is 5.59. The van der Waals surface area contributed by atoms with Crippen molar-refractivity contribution in [1.82, 2.24) is 0 Å². The Balaban J connectivity index is 1.47. The molecule has 0 amide bonds. The number of carbonyl (C=O) groups is 2. The number of rotatable bonds is 10. The van der Waals surface area contributed by atoms with Crippen LogP contribution < -0.4 is 9.47 Å². The molecular formula is C33H28O8. The van der Waals surface area contributed by atoms with Crippen LogP contribution >= 0.6 is 0 Å². The van der Waals surface area contributed by atoms with Crippen LogP contribution in [0, 0.1) is 5.41 Å². The van der Waals surface area contributed by atoms with Crippen molar-refractivity contribution in [1.29, 1.82) is 0 Å². The molecule has 8 nitrogen and oxygen atoms in total. The molecule has 0 heterocycles. The number of aliphatic hydroxyl groups is 4.